The van der Waals surface area contributed by atoms with Crippen LogP contribution in [0.2, 0.25) is 0 Å². The van der Waals surface area contributed by atoms with Crippen molar-refractivity contribution in [1.82, 2.24) is 20.2 Å². The number of hydrogen-bond donors (Lipinski definition) is 1. The van der Waals surface area contributed by atoms with Gasteiger partial charge in [-0.15, -0.1) is 5.10 Å². The second kappa shape index (κ2) is 6.76. The maximum atomic E-state index is 12.4. The molecule has 1 N–H and O–H groups in total. The predicted molar refractivity (Wildman–Crippen MR) is 91.9 cm³/mol. The zero-order chi connectivity index (χ0) is 17.1. The van der Waals surface area contributed by atoms with Crippen LogP contribution in [0.1, 0.15) is 29.8 Å². The van der Waals surface area contributed by atoms with Crippen LogP contribution >= 0.6 is 0 Å². The molecule has 1 aliphatic heterocycles. The molecule has 0 unspecified atom stereocenters. The average Bonchev–Trinajstić information content (AvgIpc) is 3.36. The number of amides is 1. The van der Waals surface area contributed by atoms with E-state index in [1.54, 1.807) is 16.8 Å². The van der Waals surface area contributed by atoms with Crippen LogP contribution in [0.5, 0.6) is 0 Å². The van der Waals surface area contributed by atoms with Gasteiger partial charge >= 0.3 is 0 Å². The molecular weight excluding hydrogens is 320 g/mol. The maximum Gasteiger partial charge on any atom is 0.291 e. The fourth-order valence-corrected chi connectivity index (χ4v) is 3.05. The minimum absolute atomic E-state index is 0.275. The summed E-state index contributed by atoms with van der Waals surface area (Å²) in [6, 6.07) is 9.16. The molecule has 0 spiro atoms. The van der Waals surface area contributed by atoms with Crippen LogP contribution in [0, 0.1) is 0 Å². The third-order valence-corrected chi connectivity index (χ3v) is 4.28. The van der Waals surface area contributed by atoms with Crippen molar-refractivity contribution in [3.8, 4) is 5.69 Å². The Kier molecular flexibility index (Phi) is 4.16. The number of furan rings is 1. The second-order valence-corrected chi connectivity index (χ2v) is 5.93. The second-order valence-electron chi connectivity index (χ2n) is 5.93. The molecule has 3 aromatic rings. The first-order valence-corrected chi connectivity index (χ1v) is 8.28. The van der Waals surface area contributed by atoms with Gasteiger partial charge in [0.1, 0.15) is 6.33 Å². The largest absolute Gasteiger partial charge is 0.459 e. The number of anilines is 2. The van der Waals surface area contributed by atoms with Gasteiger partial charge in [0, 0.05) is 13.1 Å². The molecule has 1 amide bonds. The third kappa shape index (κ3) is 3.23. The van der Waals surface area contributed by atoms with Gasteiger partial charge in [0.15, 0.2) is 5.76 Å². The molecule has 4 rings (SSSR count). The minimum atomic E-state index is -0.280. The van der Waals surface area contributed by atoms with E-state index in [0.29, 0.717) is 0 Å². The van der Waals surface area contributed by atoms with Crippen molar-refractivity contribution in [1.29, 1.82) is 0 Å². The van der Waals surface area contributed by atoms with Crippen LogP contribution in [0.25, 0.3) is 5.69 Å². The highest BCUT2D eigenvalue weighted by Crippen LogP contribution is 2.31. The molecule has 8 nitrogen and oxygen atoms in total. The predicted octanol–water partition coefficient (Wildman–Crippen LogP) is 2.50. The molecule has 1 fully saturated rings. The van der Waals surface area contributed by atoms with Crippen LogP contribution in [-0.2, 0) is 0 Å². The number of carbonyl (C=O) groups excluding carboxylic acids is 1. The standard InChI is InChI=1S/C17H18N6O2/c24-17(16-5-4-10-25-16)19-14-11-13(23-12-18-20-21-23)6-7-15(14)22-8-2-1-3-9-22/h4-7,10-12H,1-3,8-9H2,(H,19,24). The molecule has 0 bridgehead atoms. The summed E-state index contributed by atoms with van der Waals surface area (Å²) in [7, 11) is 0. The summed E-state index contributed by atoms with van der Waals surface area (Å²) < 4.78 is 6.75. The van der Waals surface area contributed by atoms with Crippen LogP contribution in [0.15, 0.2) is 47.3 Å². The molecule has 128 valence electrons. The Labute approximate surface area is 144 Å². The SMILES string of the molecule is O=C(Nc1cc(-n2cnnn2)ccc1N1CCCCC1)c1ccco1. The van der Waals surface area contributed by atoms with Crippen LogP contribution in [0.3, 0.4) is 0 Å². The molecule has 0 radical (unpaired) electrons. The van der Waals surface area contributed by atoms with Crippen molar-refractivity contribution in [3.05, 3.63) is 48.7 Å². The van der Waals surface area contributed by atoms with Crippen LogP contribution in [-0.4, -0.2) is 39.2 Å². The topological polar surface area (TPSA) is 89.1 Å². The van der Waals surface area contributed by atoms with Crippen LogP contribution in [0.4, 0.5) is 11.4 Å². The first-order valence-electron chi connectivity index (χ1n) is 8.28. The van der Waals surface area contributed by atoms with E-state index in [4.69, 9.17) is 4.42 Å². The Morgan fingerprint density at radius 2 is 2.04 bits per heavy atom. The van der Waals surface area contributed by atoms with E-state index >= 15 is 0 Å². The molecule has 0 saturated carbocycles. The summed E-state index contributed by atoms with van der Waals surface area (Å²) in [5.74, 6) is -0.00505. The van der Waals surface area contributed by atoms with Gasteiger partial charge in [0.25, 0.3) is 5.91 Å². The van der Waals surface area contributed by atoms with Crippen molar-refractivity contribution in [3.63, 3.8) is 0 Å². The highest BCUT2D eigenvalue weighted by molar-refractivity contribution is 6.04. The normalized spacial score (nSPS) is 14.5. The zero-order valence-electron chi connectivity index (χ0n) is 13.6. The first kappa shape index (κ1) is 15.4. The number of benzene rings is 1. The number of piperidine rings is 1. The van der Waals surface area contributed by atoms with Crippen molar-refractivity contribution in [2.24, 2.45) is 0 Å². The highest BCUT2D eigenvalue weighted by atomic mass is 16.3. The van der Waals surface area contributed by atoms with Gasteiger partial charge in [0.05, 0.1) is 23.3 Å². The average molecular weight is 338 g/mol. The molecule has 3 heterocycles. The van der Waals surface area contributed by atoms with E-state index in [1.807, 2.05) is 18.2 Å². The van der Waals surface area contributed by atoms with Crippen molar-refractivity contribution < 1.29 is 9.21 Å². The Morgan fingerprint density at radius 3 is 2.76 bits per heavy atom. The Balaban J connectivity index is 1.69. The van der Waals surface area contributed by atoms with Gasteiger partial charge in [-0.05, 0) is 60.0 Å². The van der Waals surface area contributed by atoms with Gasteiger partial charge in [-0.25, -0.2) is 4.68 Å². The van der Waals surface area contributed by atoms with Gasteiger partial charge in [-0.3, -0.25) is 4.79 Å². The Hall–Kier alpha value is -3.16. The molecule has 25 heavy (non-hydrogen) atoms. The molecule has 1 aliphatic rings. The number of carbonyl (C=O) groups is 1. The number of nitrogens with zero attached hydrogens (tertiary/aromatic N) is 5. The van der Waals surface area contributed by atoms with E-state index in [9.17, 15) is 4.79 Å². The number of rotatable bonds is 4. The van der Waals surface area contributed by atoms with E-state index in [-0.39, 0.29) is 11.7 Å². The van der Waals surface area contributed by atoms with E-state index < -0.39 is 0 Å². The van der Waals surface area contributed by atoms with E-state index in [2.05, 4.69) is 25.7 Å². The highest BCUT2D eigenvalue weighted by Gasteiger charge is 2.18. The molecule has 8 heteroatoms. The fourth-order valence-electron chi connectivity index (χ4n) is 3.05. The molecule has 2 aromatic heterocycles. The van der Waals surface area contributed by atoms with Gasteiger partial charge in [0.2, 0.25) is 0 Å². The van der Waals surface area contributed by atoms with Crippen molar-refractivity contribution in [2.75, 3.05) is 23.3 Å². The lowest BCUT2D eigenvalue weighted by Crippen LogP contribution is -2.30. The smallest absolute Gasteiger partial charge is 0.291 e. The van der Waals surface area contributed by atoms with Gasteiger partial charge in [-0.2, -0.15) is 0 Å². The van der Waals surface area contributed by atoms with Gasteiger partial charge < -0.3 is 14.6 Å². The molecule has 0 atom stereocenters. The zero-order valence-corrected chi connectivity index (χ0v) is 13.6. The van der Waals surface area contributed by atoms with Crippen molar-refractivity contribution in [2.45, 2.75) is 19.3 Å². The molecule has 1 saturated heterocycles. The fraction of sp³-hybridized carbons (Fsp3) is 0.294. The Bertz CT molecular complexity index is 838. The summed E-state index contributed by atoms with van der Waals surface area (Å²) in [6.07, 6.45) is 6.56. The monoisotopic (exact) mass is 338 g/mol. The quantitative estimate of drug-likeness (QED) is 0.786. The summed E-state index contributed by atoms with van der Waals surface area (Å²) >= 11 is 0. The van der Waals surface area contributed by atoms with E-state index in [0.717, 1.165) is 43.0 Å². The van der Waals surface area contributed by atoms with E-state index in [1.165, 1.54) is 19.0 Å². The molecular formula is C17H18N6O2. The number of tetrazole rings is 1. The van der Waals surface area contributed by atoms with Crippen LogP contribution < -0.4 is 10.2 Å². The lowest BCUT2D eigenvalue weighted by molar-refractivity contribution is 0.0996. The number of nitrogens with one attached hydrogen (secondary N) is 1. The summed E-state index contributed by atoms with van der Waals surface area (Å²) in [6.45, 7) is 1.96. The number of aromatic nitrogens is 4. The lowest BCUT2D eigenvalue weighted by atomic mass is 10.1. The molecule has 0 aliphatic carbocycles. The van der Waals surface area contributed by atoms with Gasteiger partial charge in [-0.1, -0.05) is 0 Å². The third-order valence-electron chi connectivity index (χ3n) is 4.28. The summed E-state index contributed by atoms with van der Waals surface area (Å²) in [5.41, 5.74) is 2.49. The van der Waals surface area contributed by atoms with Crippen molar-refractivity contribution >= 4 is 17.3 Å². The first-order chi connectivity index (χ1) is 12.3. The minimum Gasteiger partial charge on any atom is -0.459 e. The number of hydrogen-bond acceptors (Lipinski definition) is 6. The lowest BCUT2D eigenvalue weighted by Gasteiger charge is -2.30. The Morgan fingerprint density at radius 1 is 1.16 bits per heavy atom. The summed E-state index contributed by atoms with van der Waals surface area (Å²) in [5, 5.41) is 14.2. The molecule has 1 aromatic carbocycles. The maximum absolute atomic E-state index is 12.4. The summed E-state index contributed by atoms with van der Waals surface area (Å²) in [4.78, 5) is 14.7.